The Bertz CT molecular complexity index is 541. The van der Waals surface area contributed by atoms with E-state index in [1.54, 1.807) is 0 Å². The number of carbonyl (C=O) groups is 1. The van der Waals surface area contributed by atoms with E-state index in [1.165, 1.54) is 11.3 Å². The first kappa shape index (κ1) is 21.1. The molecule has 1 amide bonds. The Balaban J connectivity index is 0.00000144. The van der Waals surface area contributed by atoms with Gasteiger partial charge in [0.05, 0.1) is 0 Å². The molecule has 1 aromatic carbocycles. The number of rotatable bonds is 5. The van der Waals surface area contributed by atoms with Gasteiger partial charge in [0.1, 0.15) is 0 Å². The van der Waals surface area contributed by atoms with Crippen molar-refractivity contribution >= 4 is 36.4 Å². The third-order valence-electron chi connectivity index (χ3n) is 5.30. The van der Waals surface area contributed by atoms with Gasteiger partial charge < -0.3 is 16.0 Å². The van der Waals surface area contributed by atoms with E-state index in [1.807, 2.05) is 0 Å². The van der Waals surface area contributed by atoms with Gasteiger partial charge in [-0.1, -0.05) is 24.6 Å². The predicted molar refractivity (Wildman–Crippen MR) is 104 cm³/mol. The number of hydrogen-bond donors (Lipinski definition) is 2. The highest BCUT2D eigenvalue weighted by Gasteiger charge is 2.32. The highest BCUT2D eigenvalue weighted by atomic mass is 35.5. The first-order valence-corrected chi connectivity index (χ1v) is 8.53. The molecule has 3 rings (SSSR count). The molecule has 0 aromatic heterocycles. The molecule has 3 N–H and O–H groups in total. The number of nitrogens with one attached hydrogen (secondary N) is 1. The van der Waals surface area contributed by atoms with Gasteiger partial charge in [0, 0.05) is 30.7 Å². The molecule has 0 spiro atoms. The van der Waals surface area contributed by atoms with Crippen LogP contribution in [0.1, 0.15) is 31.7 Å². The van der Waals surface area contributed by atoms with Crippen molar-refractivity contribution < 1.29 is 4.79 Å². The van der Waals surface area contributed by atoms with Crippen LogP contribution in [-0.4, -0.2) is 31.6 Å². The van der Waals surface area contributed by atoms with Gasteiger partial charge in [0.2, 0.25) is 5.91 Å². The Hall–Kier alpha value is -0.970. The first-order valence-electron chi connectivity index (χ1n) is 8.53. The van der Waals surface area contributed by atoms with Crippen LogP contribution in [0.15, 0.2) is 24.3 Å². The molecule has 1 aromatic rings. The highest BCUT2D eigenvalue weighted by molar-refractivity contribution is 5.85. The average molecular weight is 374 g/mol. The highest BCUT2D eigenvalue weighted by Crippen LogP contribution is 2.32. The van der Waals surface area contributed by atoms with Crippen molar-refractivity contribution in [1.29, 1.82) is 0 Å². The Kier molecular flexibility index (Phi) is 8.34. The molecule has 2 aliphatic rings. The van der Waals surface area contributed by atoms with Gasteiger partial charge in [-0.25, -0.2) is 0 Å². The second-order valence-corrected chi connectivity index (χ2v) is 6.70. The average Bonchev–Trinajstić information content (AvgIpc) is 3.11. The molecule has 1 fully saturated rings. The van der Waals surface area contributed by atoms with E-state index in [-0.39, 0.29) is 36.6 Å². The van der Waals surface area contributed by atoms with Gasteiger partial charge in [0.25, 0.3) is 0 Å². The number of hydrogen-bond acceptors (Lipinski definition) is 3. The van der Waals surface area contributed by atoms with Crippen LogP contribution in [0.3, 0.4) is 0 Å². The first-order chi connectivity index (χ1) is 10.7. The van der Waals surface area contributed by atoms with Crippen molar-refractivity contribution in [2.45, 2.75) is 38.6 Å². The minimum atomic E-state index is 0. The normalized spacial score (nSPS) is 24.8. The van der Waals surface area contributed by atoms with Gasteiger partial charge in [0.15, 0.2) is 0 Å². The standard InChI is InChI=1S/C18H27N3O.2ClH/c1-13-11-14-5-2-3-8-17(14)21(13)10-9-20-18(22)16-7-4-6-15(16)12-19;;/h2-3,5,8,13,15-16H,4,6-7,9-12,19H2,1H3,(H,20,22);2*1H/t13?,15-,16-;;/m1../s1. The van der Waals surface area contributed by atoms with Crippen molar-refractivity contribution in [3.05, 3.63) is 29.8 Å². The number of halogens is 2. The number of para-hydroxylation sites is 1. The maximum absolute atomic E-state index is 12.3. The summed E-state index contributed by atoms with van der Waals surface area (Å²) in [5, 5.41) is 3.13. The number of benzene rings is 1. The van der Waals surface area contributed by atoms with Crippen LogP contribution in [0.5, 0.6) is 0 Å². The van der Waals surface area contributed by atoms with Crippen LogP contribution in [0.4, 0.5) is 5.69 Å². The molecule has 6 heteroatoms. The second kappa shape index (κ2) is 9.50. The lowest BCUT2D eigenvalue weighted by molar-refractivity contribution is -0.125. The van der Waals surface area contributed by atoms with Gasteiger partial charge in [-0.05, 0) is 50.3 Å². The maximum Gasteiger partial charge on any atom is 0.223 e. The fourth-order valence-corrected chi connectivity index (χ4v) is 4.07. The third-order valence-corrected chi connectivity index (χ3v) is 5.30. The number of carbonyl (C=O) groups excluding carboxylic acids is 1. The molecule has 3 atom stereocenters. The lowest BCUT2D eigenvalue weighted by Gasteiger charge is -2.25. The molecule has 24 heavy (non-hydrogen) atoms. The third kappa shape index (κ3) is 4.35. The van der Waals surface area contributed by atoms with E-state index in [4.69, 9.17) is 5.73 Å². The van der Waals surface area contributed by atoms with Crippen LogP contribution in [0.2, 0.25) is 0 Å². The monoisotopic (exact) mass is 373 g/mol. The van der Waals surface area contributed by atoms with Crippen LogP contribution >= 0.6 is 24.8 Å². The topological polar surface area (TPSA) is 58.4 Å². The van der Waals surface area contributed by atoms with Crippen molar-refractivity contribution in [3.8, 4) is 0 Å². The number of amides is 1. The SMILES string of the molecule is CC1Cc2ccccc2N1CCNC(=O)[C@@H]1CCC[C@@H]1CN.Cl.Cl. The number of fused-ring (bicyclic) bond motifs is 1. The van der Waals surface area contributed by atoms with Gasteiger partial charge in [-0.2, -0.15) is 0 Å². The Morgan fingerprint density at radius 1 is 1.29 bits per heavy atom. The van der Waals surface area contributed by atoms with Crippen LogP contribution in [-0.2, 0) is 11.2 Å². The summed E-state index contributed by atoms with van der Waals surface area (Å²) in [6.07, 6.45) is 4.33. The Morgan fingerprint density at radius 3 is 2.79 bits per heavy atom. The molecular weight excluding hydrogens is 345 g/mol. The zero-order valence-electron chi connectivity index (χ0n) is 14.2. The minimum Gasteiger partial charge on any atom is -0.367 e. The summed E-state index contributed by atoms with van der Waals surface area (Å²) in [7, 11) is 0. The number of nitrogens with two attached hydrogens (primary N) is 1. The Morgan fingerprint density at radius 2 is 2.04 bits per heavy atom. The maximum atomic E-state index is 12.3. The quantitative estimate of drug-likeness (QED) is 0.833. The Labute approximate surface area is 157 Å². The summed E-state index contributed by atoms with van der Waals surface area (Å²) in [6.45, 7) is 4.48. The van der Waals surface area contributed by atoms with E-state index in [0.29, 0.717) is 25.0 Å². The molecule has 1 aliphatic heterocycles. The summed E-state index contributed by atoms with van der Waals surface area (Å²) < 4.78 is 0. The van der Waals surface area contributed by atoms with E-state index in [0.717, 1.165) is 32.2 Å². The van der Waals surface area contributed by atoms with Crippen LogP contribution < -0.4 is 16.0 Å². The summed E-state index contributed by atoms with van der Waals surface area (Å²) in [4.78, 5) is 14.7. The molecule has 0 saturated heterocycles. The lowest BCUT2D eigenvalue weighted by atomic mass is 9.95. The van der Waals surface area contributed by atoms with E-state index in [9.17, 15) is 4.79 Å². The zero-order chi connectivity index (χ0) is 15.5. The molecule has 1 saturated carbocycles. The molecular formula is C18H29Cl2N3O. The predicted octanol–water partition coefficient (Wildman–Crippen LogP) is 2.77. The largest absolute Gasteiger partial charge is 0.367 e. The van der Waals surface area contributed by atoms with E-state index >= 15 is 0 Å². The molecule has 1 unspecified atom stereocenters. The van der Waals surface area contributed by atoms with Crippen molar-refractivity contribution in [2.75, 3.05) is 24.5 Å². The summed E-state index contributed by atoms with van der Waals surface area (Å²) in [5.74, 6) is 0.716. The van der Waals surface area contributed by atoms with Crippen molar-refractivity contribution in [1.82, 2.24) is 5.32 Å². The number of anilines is 1. The fourth-order valence-electron chi connectivity index (χ4n) is 4.07. The smallest absolute Gasteiger partial charge is 0.223 e. The second-order valence-electron chi connectivity index (χ2n) is 6.70. The van der Waals surface area contributed by atoms with Crippen LogP contribution in [0, 0.1) is 11.8 Å². The molecule has 1 heterocycles. The zero-order valence-corrected chi connectivity index (χ0v) is 15.9. The molecule has 0 radical (unpaired) electrons. The molecule has 0 bridgehead atoms. The van der Waals surface area contributed by atoms with Gasteiger partial charge >= 0.3 is 0 Å². The molecule has 4 nitrogen and oxygen atoms in total. The van der Waals surface area contributed by atoms with Crippen molar-refractivity contribution in [2.24, 2.45) is 17.6 Å². The summed E-state index contributed by atoms with van der Waals surface area (Å²) in [6, 6.07) is 9.09. The van der Waals surface area contributed by atoms with E-state index < -0.39 is 0 Å². The van der Waals surface area contributed by atoms with Crippen molar-refractivity contribution in [3.63, 3.8) is 0 Å². The molecule has 136 valence electrons. The molecule has 1 aliphatic carbocycles. The fraction of sp³-hybridized carbons (Fsp3) is 0.611. The lowest BCUT2D eigenvalue weighted by Crippen LogP contribution is -2.41. The van der Waals surface area contributed by atoms with Gasteiger partial charge in [-0.3, -0.25) is 4.79 Å². The summed E-state index contributed by atoms with van der Waals surface area (Å²) in [5.41, 5.74) is 8.51. The van der Waals surface area contributed by atoms with Gasteiger partial charge in [-0.15, -0.1) is 24.8 Å². The van der Waals surface area contributed by atoms with E-state index in [2.05, 4.69) is 41.4 Å². The summed E-state index contributed by atoms with van der Waals surface area (Å²) >= 11 is 0. The van der Waals surface area contributed by atoms with Crippen LogP contribution in [0.25, 0.3) is 0 Å². The minimum absolute atomic E-state index is 0. The number of nitrogens with zero attached hydrogens (tertiary/aromatic N) is 1.